The van der Waals surface area contributed by atoms with Gasteiger partial charge >= 0.3 is 0 Å². The molecule has 2 heterocycles. The summed E-state index contributed by atoms with van der Waals surface area (Å²) >= 11 is 0. The van der Waals surface area contributed by atoms with Crippen LogP contribution in [0.25, 0.3) is 0 Å². The van der Waals surface area contributed by atoms with Crippen LogP contribution in [0.15, 0.2) is 36.4 Å². The Labute approximate surface area is 148 Å². The number of hydrogen-bond acceptors (Lipinski definition) is 5. The summed E-state index contributed by atoms with van der Waals surface area (Å²) < 4.78 is 5.34. The lowest BCUT2D eigenvalue weighted by Crippen LogP contribution is -2.46. The van der Waals surface area contributed by atoms with Crippen molar-refractivity contribution in [2.24, 2.45) is 0 Å². The van der Waals surface area contributed by atoms with Gasteiger partial charge in [-0.05, 0) is 19.4 Å². The van der Waals surface area contributed by atoms with Crippen LogP contribution in [0.3, 0.4) is 0 Å². The van der Waals surface area contributed by atoms with E-state index in [0.29, 0.717) is 45.2 Å². The van der Waals surface area contributed by atoms with Gasteiger partial charge in [0.25, 0.3) is 0 Å². The second-order valence-corrected chi connectivity index (χ2v) is 6.25. The first kappa shape index (κ1) is 17.4. The normalized spacial score (nSPS) is 14.4. The standard InChI is InChI=1S/C19H24N4O2/c1-15-12-18(21-16(2)20-15)23(13-17-6-4-3-5-7-17)14-19(24)22-8-10-25-11-9-22/h3-7,12H,8-11,13-14H2,1-2H3. The monoisotopic (exact) mass is 340 g/mol. The lowest BCUT2D eigenvalue weighted by atomic mass is 10.2. The molecule has 0 bridgehead atoms. The number of rotatable bonds is 5. The van der Waals surface area contributed by atoms with Crippen molar-refractivity contribution < 1.29 is 9.53 Å². The SMILES string of the molecule is Cc1cc(N(CC(=O)N2CCOCC2)Cc2ccccc2)nc(C)n1. The summed E-state index contributed by atoms with van der Waals surface area (Å²) in [6.07, 6.45) is 0. The molecular weight excluding hydrogens is 316 g/mol. The minimum Gasteiger partial charge on any atom is -0.378 e. The number of morpholine rings is 1. The third-order valence-corrected chi connectivity index (χ3v) is 4.18. The van der Waals surface area contributed by atoms with Crippen LogP contribution in [0, 0.1) is 13.8 Å². The number of nitrogens with zero attached hydrogens (tertiary/aromatic N) is 4. The fraction of sp³-hybridized carbons (Fsp3) is 0.421. The van der Waals surface area contributed by atoms with E-state index in [0.717, 1.165) is 17.1 Å². The van der Waals surface area contributed by atoms with Gasteiger partial charge in [0.2, 0.25) is 5.91 Å². The molecule has 1 aliphatic heterocycles. The molecule has 0 unspecified atom stereocenters. The smallest absolute Gasteiger partial charge is 0.242 e. The van der Waals surface area contributed by atoms with E-state index in [-0.39, 0.29) is 5.91 Å². The van der Waals surface area contributed by atoms with E-state index < -0.39 is 0 Å². The molecule has 0 N–H and O–H groups in total. The molecule has 6 heteroatoms. The van der Waals surface area contributed by atoms with Crippen LogP contribution >= 0.6 is 0 Å². The molecule has 1 saturated heterocycles. The second kappa shape index (κ2) is 8.07. The van der Waals surface area contributed by atoms with Crippen LogP contribution < -0.4 is 4.90 Å². The van der Waals surface area contributed by atoms with E-state index in [9.17, 15) is 4.79 Å². The molecule has 0 radical (unpaired) electrons. The minimum absolute atomic E-state index is 0.105. The number of anilines is 1. The molecule has 6 nitrogen and oxygen atoms in total. The van der Waals surface area contributed by atoms with Crippen LogP contribution in [-0.2, 0) is 16.1 Å². The quantitative estimate of drug-likeness (QED) is 0.833. The van der Waals surface area contributed by atoms with Crippen molar-refractivity contribution in [2.45, 2.75) is 20.4 Å². The van der Waals surface area contributed by atoms with E-state index in [1.165, 1.54) is 0 Å². The van der Waals surface area contributed by atoms with Gasteiger partial charge in [0.15, 0.2) is 0 Å². The Kier molecular flexibility index (Phi) is 5.60. The Morgan fingerprint density at radius 2 is 1.88 bits per heavy atom. The number of aromatic nitrogens is 2. The number of ether oxygens (including phenoxy) is 1. The summed E-state index contributed by atoms with van der Waals surface area (Å²) in [7, 11) is 0. The second-order valence-electron chi connectivity index (χ2n) is 6.25. The highest BCUT2D eigenvalue weighted by atomic mass is 16.5. The third kappa shape index (κ3) is 4.76. The predicted octanol–water partition coefficient (Wildman–Crippen LogP) is 1.96. The summed E-state index contributed by atoms with van der Waals surface area (Å²) in [5.41, 5.74) is 2.05. The Morgan fingerprint density at radius 3 is 2.56 bits per heavy atom. The van der Waals surface area contributed by atoms with Crippen molar-refractivity contribution in [1.29, 1.82) is 0 Å². The van der Waals surface area contributed by atoms with Crippen LogP contribution in [0.4, 0.5) is 5.82 Å². The molecule has 25 heavy (non-hydrogen) atoms. The lowest BCUT2D eigenvalue weighted by molar-refractivity contribution is -0.133. The van der Waals surface area contributed by atoms with E-state index in [1.807, 2.05) is 47.9 Å². The van der Waals surface area contributed by atoms with Gasteiger partial charge in [0, 0.05) is 31.4 Å². The fourth-order valence-corrected chi connectivity index (χ4v) is 2.96. The zero-order valence-electron chi connectivity index (χ0n) is 14.8. The van der Waals surface area contributed by atoms with Crippen molar-refractivity contribution in [3.05, 3.63) is 53.5 Å². The van der Waals surface area contributed by atoms with Crippen molar-refractivity contribution in [1.82, 2.24) is 14.9 Å². The Morgan fingerprint density at radius 1 is 1.16 bits per heavy atom. The number of aryl methyl sites for hydroxylation is 2. The van der Waals surface area contributed by atoms with Crippen molar-refractivity contribution in [3.63, 3.8) is 0 Å². The van der Waals surface area contributed by atoms with Gasteiger partial charge in [0.05, 0.1) is 19.8 Å². The van der Waals surface area contributed by atoms with Gasteiger partial charge in [-0.15, -0.1) is 0 Å². The Balaban J connectivity index is 1.81. The molecule has 1 fully saturated rings. The van der Waals surface area contributed by atoms with E-state index in [2.05, 4.69) is 22.1 Å². The van der Waals surface area contributed by atoms with Crippen LogP contribution in [0.1, 0.15) is 17.1 Å². The number of carbonyl (C=O) groups is 1. The largest absolute Gasteiger partial charge is 0.378 e. The summed E-state index contributed by atoms with van der Waals surface area (Å²) in [6.45, 7) is 7.27. The molecule has 3 rings (SSSR count). The first-order chi connectivity index (χ1) is 12.1. The van der Waals surface area contributed by atoms with Crippen LogP contribution in [0.2, 0.25) is 0 Å². The topological polar surface area (TPSA) is 58.6 Å². The van der Waals surface area contributed by atoms with Gasteiger partial charge in [-0.2, -0.15) is 0 Å². The average molecular weight is 340 g/mol. The number of benzene rings is 1. The summed E-state index contributed by atoms with van der Waals surface area (Å²) in [6, 6.07) is 12.1. The van der Waals surface area contributed by atoms with Crippen LogP contribution in [-0.4, -0.2) is 53.6 Å². The molecule has 0 spiro atoms. The van der Waals surface area contributed by atoms with Crippen LogP contribution in [0.5, 0.6) is 0 Å². The zero-order valence-corrected chi connectivity index (χ0v) is 14.8. The fourth-order valence-electron chi connectivity index (χ4n) is 2.96. The summed E-state index contributed by atoms with van der Waals surface area (Å²) in [5, 5.41) is 0. The third-order valence-electron chi connectivity index (χ3n) is 4.18. The van der Waals surface area contributed by atoms with Gasteiger partial charge in [0.1, 0.15) is 11.6 Å². The number of carbonyl (C=O) groups excluding carboxylic acids is 1. The highest BCUT2D eigenvalue weighted by Crippen LogP contribution is 2.16. The molecule has 1 aliphatic rings. The highest BCUT2D eigenvalue weighted by Gasteiger charge is 2.21. The molecule has 1 amide bonds. The summed E-state index contributed by atoms with van der Waals surface area (Å²) in [4.78, 5) is 25.5. The average Bonchev–Trinajstić information content (AvgIpc) is 2.62. The van der Waals surface area contributed by atoms with Gasteiger partial charge in [-0.25, -0.2) is 9.97 Å². The molecule has 0 aliphatic carbocycles. The van der Waals surface area contributed by atoms with E-state index in [4.69, 9.17) is 4.74 Å². The lowest BCUT2D eigenvalue weighted by Gasteiger charge is -2.30. The molecule has 132 valence electrons. The zero-order chi connectivity index (χ0) is 17.6. The van der Waals surface area contributed by atoms with Crippen molar-refractivity contribution in [2.75, 3.05) is 37.7 Å². The number of amides is 1. The summed E-state index contributed by atoms with van der Waals surface area (Å²) in [5.74, 6) is 1.61. The minimum atomic E-state index is 0.105. The van der Waals surface area contributed by atoms with Gasteiger partial charge < -0.3 is 14.5 Å². The first-order valence-electron chi connectivity index (χ1n) is 8.58. The first-order valence-corrected chi connectivity index (χ1v) is 8.58. The molecule has 1 aromatic carbocycles. The predicted molar refractivity (Wildman–Crippen MR) is 96.4 cm³/mol. The van der Waals surface area contributed by atoms with E-state index >= 15 is 0 Å². The maximum atomic E-state index is 12.7. The van der Waals surface area contributed by atoms with Gasteiger partial charge in [-0.1, -0.05) is 30.3 Å². The molecular formula is C19H24N4O2. The molecule has 0 saturated carbocycles. The van der Waals surface area contributed by atoms with Crippen molar-refractivity contribution in [3.8, 4) is 0 Å². The maximum Gasteiger partial charge on any atom is 0.242 e. The Hall–Kier alpha value is -2.47. The molecule has 2 aromatic rings. The molecule has 1 aromatic heterocycles. The molecule has 0 atom stereocenters. The highest BCUT2D eigenvalue weighted by molar-refractivity contribution is 5.81. The maximum absolute atomic E-state index is 12.7. The van der Waals surface area contributed by atoms with Gasteiger partial charge in [-0.3, -0.25) is 4.79 Å². The number of hydrogen-bond donors (Lipinski definition) is 0. The van der Waals surface area contributed by atoms with Crippen molar-refractivity contribution >= 4 is 11.7 Å². The van der Waals surface area contributed by atoms with E-state index in [1.54, 1.807) is 0 Å². The Bertz CT molecular complexity index is 694.